The van der Waals surface area contributed by atoms with E-state index in [4.69, 9.17) is 14.0 Å². The van der Waals surface area contributed by atoms with Crippen LogP contribution in [0.15, 0.2) is 24.3 Å². The highest BCUT2D eigenvalue weighted by Crippen LogP contribution is 2.37. The maximum absolute atomic E-state index is 12.3. The summed E-state index contributed by atoms with van der Waals surface area (Å²) in [6.45, 7) is 15.1. The third-order valence-electron chi connectivity index (χ3n) is 6.05. The molecule has 2 aliphatic rings. The quantitative estimate of drug-likeness (QED) is 0.757. The van der Waals surface area contributed by atoms with Crippen molar-refractivity contribution in [1.29, 1.82) is 0 Å². The molecule has 1 fully saturated rings. The number of hydrogen-bond donors (Lipinski definition) is 1. The summed E-state index contributed by atoms with van der Waals surface area (Å²) in [6.07, 6.45) is 2.63. The lowest BCUT2D eigenvalue weighted by molar-refractivity contribution is 0.00578. The number of nitrogens with zero attached hydrogens (tertiary/aromatic N) is 1. The van der Waals surface area contributed by atoms with Crippen molar-refractivity contribution < 1.29 is 18.8 Å². The van der Waals surface area contributed by atoms with Crippen LogP contribution in [0.1, 0.15) is 60.5 Å². The zero-order valence-electron chi connectivity index (χ0n) is 19.6. The van der Waals surface area contributed by atoms with Crippen molar-refractivity contribution in [3.8, 4) is 0 Å². The first-order valence-corrected chi connectivity index (χ1v) is 10.7. The molecule has 1 aromatic carbocycles. The molecule has 30 heavy (non-hydrogen) atoms. The highest BCUT2D eigenvalue weighted by Gasteiger charge is 2.51. The van der Waals surface area contributed by atoms with Gasteiger partial charge in [-0.25, -0.2) is 4.79 Å². The molecule has 1 saturated heterocycles. The monoisotopic (exact) mass is 414 g/mol. The molecule has 1 amide bonds. The molecule has 7 heteroatoms. The molecule has 3 rings (SSSR count). The first-order valence-electron chi connectivity index (χ1n) is 10.7. The maximum atomic E-state index is 12.3. The molecule has 0 spiro atoms. The van der Waals surface area contributed by atoms with Crippen molar-refractivity contribution in [2.24, 2.45) is 0 Å². The number of amides is 1. The van der Waals surface area contributed by atoms with Gasteiger partial charge in [-0.1, -0.05) is 18.2 Å². The number of carbonyl (C=O) groups excluding carboxylic acids is 1. The van der Waals surface area contributed by atoms with Gasteiger partial charge in [0.05, 0.1) is 11.2 Å². The summed E-state index contributed by atoms with van der Waals surface area (Å²) in [5, 5.41) is 3.31. The van der Waals surface area contributed by atoms with Crippen LogP contribution >= 0.6 is 0 Å². The van der Waals surface area contributed by atoms with Crippen LogP contribution in [0.4, 0.5) is 10.5 Å². The molecular formula is C23H35BN2O4. The van der Waals surface area contributed by atoms with Crippen LogP contribution in [-0.4, -0.2) is 55.1 Å². The van der Waals surface area contributed by atoms with Gasteiger partial charge in [-0.15, -0.1) is 0 Å². The van der Waals surface area contributed by atoms with E-state index in [2.05, 4.69) is 57.3 Å². The van der Waals surface area contributed by atoms with Gasteiger partial charge in [0, 0.05) is 31.4 Å². The Morgan fingerprint density at radius 1 is 1.17 bits per heavy atom. The Hall–Kier alpha value is -1.99. The van der Waals surface area contributed by atoms with Gasteiger partial charge in [-0.3, -0.25) is 0 Å². The highest BCUT2D eigenvalue weighted by molar-refractivity contribution is 6.62. The molecular weight excluding hydrogens is 379 g/mol. The fourth-order valence-electron chi connectivity index (χ4n) is 3.58. The molecule has 164 valence electrons. The number of anilines is 1. The summed E-state index contributed by atoms with van der Waals surface area (Å²) in [5.74, 6) is 0. The van der Waals surface area contributed by atoms with Crippen molar-refractivity contribution >= 4 is 29.9 Å². The Kier molecular flexibility index (Phi) is 6.00. The van der Waals surface area contributed by atoms with E-state index in [9.17, 15) is 4.79 Å². The van der Waals surface area contributed by atoms with Crippen LogP contribution in [-0.2, 0) is 14.0 Å². The van der Waals surface area contributed by atoms with E-state index in [0.717, 1.165) is 23.1 Å². The molecule has 0 aliphatic carbocycles. The Morgan fingerprint density at radius 2 is 1.80 bits per heavy atom. The molecule has 0 saturated carbocycles. The SMILES string of the molecule is CNc1cc(B2OC(C)(C)C(C)(C)O2)ccc1C1=CCN(C(=O)OC(C)(C)C)CC1. The topological polar surface area (TPSA) is 60.0 Å². The molecule has 0 aromatic heterocycles. The van der Waals surface area contributed by atoms with Gasteiger partial charge in [-0.05, 0) is 72.0 Å². The Balaban J connectivity index is 1.76. The van der Waals surface area contributed by atoms with Crippen molar-refractivity contribution in [2.75, 3.05) is 25.5 Å². The maximum Gasteiger partial charge on any atom is 0.494 e. The lowest BCUT2D eigenvalue weighted by Gasteiger charge is -2.32. The Labute approximate surface area is 181 Å². The third kappa shape index (κ3) is 4.67. The molecule has 0 unspecified atom stereocenters. The van der Waals surface area contributed by atoms with Crippen molar-refractivity contribution in [3.05, 3.63) is 29.8 Å². The van der Waals surface area contributed by atoms with Gasteiger partial charge < -0.3 is 24.3 Å². The van der Waals surface area contributed by atoms with E-state index in [0.29, 0.717) is 13.1 Å². The van der Waals surface area contributed by atoms with Gasteiger partial charge in [0.15, 0.2) is 0 Å². The molecule has 6 nitrogen and oxygen atoms in total. The predicted molar refractivity (Wildman–Crippen MR) is 122 cm³/mol. The van der Waals surface area contributed by atoms with Crippen LogP contribution < -0.4 is 10.8 Å². The van der Waals surface area contributed by atoms with E-state index < -0.39 is 5.60 Å². The minimum atomic E-state index is -0.482. The fourth-order valence-corrected chi connectivity index (χ4v) is 3.58. The normalized spacial score (nSPS) is 20.7. The Bertz CT molecular complexity index is 826. The minimum Gasteiger partial charge on any atom is -0.444 e. The standard InChI is InChI=1S/C23H35BN2O4/c1-21(2,3)28-20(27)26-13-11-16(12-14-26)18-10-9-17(15-19(18)25-8)24-29-22(4,5)23(6,7)30-24/h9-11,15,25H,12-14H2,1-8H3. The summed E-state index contributed by atoms with van der Waals surface area (Å²) in [4.78, 5) is 14.1. The average Bonchev–Trinajstić information content (AvgIpc) is 2.87. The molecule has 1 N–H and O–H groups in total. The second-order valence-corrected chi connectivity index (χ2v) is 10.0. The molecule has 2 aliphatic heterocycles. The zero-order chi connectivity index (χ0) is 22.3. The van der Waals surface area contributed by atoms with Gasteiger partial charge in [0.25, 0.3) is 0 Å². The first-order chi connectivity index (χ1) is 13.8. The van der Waals surface area contributed by atoms with Crippen molar-refractivity contribution in [1.82, 2.24) is 4.90 Å². The van der Waals surface area contributed by atoms with Crippen LogP contribution in [0, 0.1) is 0 Å². The number of ether oxygens (including phenoxy) is 1. The summed E-state index contributed by atoms with van der Waals surface area (Å²) in [6, 6.07) is 6.28. The van der Waals surface area contributed by atoms with E-state index in [1.807, 2.05) is 27.8 Å². The van der Waals surface area contributed by atoms with Crippen LogP contribution in [0.2, 0.25) is 0 Å². The summed E-state index contributed by atoms with van der Waals surface area (Å²) in [7, 11) is 1.53. The van der Waals surface area contributed by atoms with Crippen LogP contribution in [0.5, 0.6) is 0 Å². The van der Waals surface area contributed by atoms with E-state index in [1.54, 1.807) is 4.90 Å². The smallest absolute Gasteiger partial charge is 0.444 e. The average molecular weight is 414 g/mol. The molecule has 0 radical (unpaired) electrons. The third-order valence-corrected chi connectivity index (χ3v) is 6.05. The van der Waals surface area contributed by atoms with E-state index in [-0.39, 0.29) is 24.4 Å². The number of rotatable bonds is 3. The number of nitrogens with one attached hydrogen (secondary N) is 1. The van der Waals surface area contributed by atoms with E-state index in [1.165, 1.54) is 5.57 Å². The summed E-state index contributed by atoms with van der Waals surface area (Å²) < 4.78 is 17.9. The zero-order valence-corrected chi connectivity index (χ0v) is 19.6. The second kappa shape index (κ2) is 7.93. The number of hydrogen-bond acceptors (Lipinski definition) is 5. The Morgan fingerprint density at radius 3 is 2.30 bits per heavy atom. The van der Waals surface area contributed by atoms with Gasteiger partial charge in [0.2, 0.25) is 0 Å². The van der Waals surface area contributed by atoms with Crippen molar-refractivity contribution in [2.45, 2.75) is 71.7 Å². The lowest BCUT2D eigenvalue weighted by Crippen LogP contribution is -2.41. The largest absolute Gasteiger partial charge is 0.494 e. The van der Waals surface area contributed by atoms with Gasteiger partial charge in [0.1, 0.15) is 5.60 Å². The fraction of sp³-hybridized carbons (Fsp3) is 0.609. The van der Waals surface area contributed by atoms with E-state index >= 15 is 0 Å². The summed E-state index contributed by atoms with van der Waals surface area (Å²) in [5.41, 5.74) is 3.17. The highest BCUT2D eigenvalue weighted by atomic mass is 16.7. The lowest BCUT2D eigenvalue weighted by atomic mass is 9.78. The second-order valence-electron chi connectivity index (χ2n) is 10.0. The molecule has 1 aromatic rings. The van der Waals surface area contributed by atoms with Gasteiger partial charge >= 0.3 is 13.2 Å². The van der Waals surface area contributed by atoms with Crippen LogP contribution in [0.3, 0.4) is 0 Å². The minimum absolute atomic E-state index is 0.261. The van der Waals surface area contributed by atoms with Crippen molar-refractivity contribution in [3.63, 3.8) is 0 Å². The molecule has 0 bridgehead atoms. The molecule has 0 atom stereocenters. The number of carbonyl (C=O) groups is 1. The first kappa shape index (κ1) is 22.7. The molecule has 2 heterocycles. The predicted octanol–water partition coefficient (Wildman–Crippen LogP) is 4.05. The van der Waals surface area contributed by atoms with Crippen LogP contribution in [0.25, 0.3) is 5.57 Å². The number of benzene rings is 1. The van der Waals surface area contributed by atoms with Gasteiger partial charge in [-0.2, -0.15) is 0 Å². The summed E-state index contributed by atoms with van der Waals surface area (Å²) >= 11 is 0.